The molecule has 4 rings (SSSR count). The second kappa shape index (κ2) is 5.80. The molecule has 0 saturated heterocycles. The topological polar surface area (TPSA) is 64.2 Å². The molecule has 0 radical (unpaired) electrons. The molecule has 1 aliphatic carbocycles. The molecule has 0 bridgehead atoms. The summed E-state index contributed by atoms with van der Waals surface area (Å²) in [4.78, 5) is 0.667. The van der Waals surface area contributed by atoms with E-state index in [1.165, 1.54) is 16.9 Å². The Morgan fingerprint density at radius 1 is 1.00 bits per heavy atom. The van der Waals surface area contributed by atoms with Crippen LogP contribution in [0.5, 0.6) is 11.5 Å². The average Bonchev–Trinajstić information content (AvgIpc) is 3.19. The number of benzene rings is 2. The van der Waals surface area contributed by atoms with Crippen LogP contribution in [0.25, 0.3) is 11.1 Å². The molecule has 0 unspecified atom stereocenters. The van der Waals surface area contributed by atoms with Gasteiger partial charge >= 0.3 is 0 Å². The van der Waals surface area contributed by atoms with Crippen molar-refractivity contribution in [2.24, 2.45) is 0 Å². The Kier molecular flexibility index (Phi) is 3.60. The number of nitrogens with zero attached hydrogens (tertiary/aromatic N) is 1. The van der Waals surface area contributed by atoms with Crippen LogP contribution in [0.15, 0.2) is 47.8 Å². The number of aromatic hydroxyl groups is 2. The maximum absolute atomic E-state index is 10.1. The van der Waals surface area contributed by atoms with E-state index >= 15 is 0 Å². The van der Waals surface area contributed by atoms with Crippen LogP contribution >= 0.6 is 11.3 Å². The van der Waals surface area contributed by atoms with Crippen molar-refractivity contribution in [3.8, 4) is 17.6 Å². The van der Waals surface area contributed by atoms with Gasteiger partial charge in [-0.1, -0.05) is 12.1 Å². The van der Waals surface area contributed by atoms with E-state index < -0.39 is 0 Å². The fourth-order valence-electron chi connectivity index (χ4n) is 3.49. The van der Waals surface area contributed by atoms with Crippen molar-refractivity contribution in [3.63, 3.8) is 0 Å². The van der Waals surface area contributed by atoms with Crippen molar-refractivity contribution < 1.29 is 10.2 Å². The highest BCUT2D eigenvalue weighted by molar-refractivity contribution is 7.10. The number of hydrogen-bond donors (Lipinski definition) is 2. The van der Waals surface area contributed by atoms with E-state index in [1.54, 1.807) is 24.3 Å². The molecule has 0 spiro atoms. The Labute approximate surface area is 149 Å². The highest BCUT2D eigenvalue weighted by Crippen LogP contribution is 2.46. The van der Waals surface area contributed by atoms with Crippen molar-refractivity contribution in [2.45, 2.75) is 13.3 Å². The van der Waals surface area contributed by atoms with Gasteiger partial charge in [-0.2, -0.15) is 5.26 Å². The van der Waals surface area contributed by atoms with Gasteiger partial charge in [-0.15, -0.1) is 11.3 Å². The van der Waals surface area contributed by atoms with Crippen LogP contribution in [-0.4, -0.2) is 10.2 Å². The van der Waals surface area contributed by atoms with Gasteiger partial charge in [0.2, 0.25) is 0 Å². The lowest BCUT2D eigenvalue weighted by molar-refractivity contribution is 0.474. The van der Waals surface area contributed by atoms with E-state index in [2.05, 4.69) is 6.07 Å². The Balaban J connectivity index is 2.02. The summed E-state index contributed by atoms with van der Waals surface area (Å²) in [6, 6.07) is 14.9. The third-order valence-electron chi connectivity index (χ3n) is 4.63. The van der Waals surface area contributed by atoms with E-state index in [4.69, 9.17) is 0 Å². The van der Waals surface area contributed by atoms with Crippen LogP contribution in [-0.2, 0) is 6.42 Å². The summed E-state index contributed by atoms with van der Waals surface area (Å²) in [5.41, 5.74) is 7.21. The molecule has 2 N–H and O–H groups in total. The second-order valence-electron chi connectivity index (χ2n) is 6.14. The molecule has 122 valence electrons. The van der Waals surface area contributed by atoms with Crippen LogP contribution in [0.3, 0.4) is 0 Å². The summed E-state index contributed by atoms with van der Waals surface area (Å²) in [7, 11) is 0. The summed E-state index contributed by atoms with van der Waals surface area (Å²) in [6.07, 6.45) is 0.738. The predicted octanol–water partition coefficient (Wildman–Crippen LogP) is 4.85. The molecule has 0 fully saturated rings. The molecule has 0 saturated carbocycles. The number of nitriles is 1. The van der Waals surface area contributed by atoms with Gasteiger partial charge in [0.1, 0.15) is 22.4 Å². The number of hydrogen-bond acceptors (Lipinski definition) is 4. The number of thiophene rings is 1. The zero-order valence-corrected chi connectivity index (χ0v) is 14.4. The molecule has 0 atom stereocenters. The van der Waals surface area contributed by atoms with E-state index in [0.717, 1.165) is 39.8 Å². The SMILES string of the molecule is Cc1cc(O)cc2c1CC(c1ccc(O)cc1)=C2c1ccsc1C#N. The third-order valence-corrected chi connectivity index (χ3v) is 5.45. The number of fused-ring (bicyclic) bond motifs is 1. The van der Waals surface area contributed by atoms with Gasteiger partial charge in [0.15, 0.2) is 0 Å². The normalized spacial score (nSPS) is 13.0. The Bertz CT molecular complexity index is 1050. The van der Waals surface area contributed by atoms with Gasteiger partial charge in [-0.3, -0.25) is 0 Å². The van der Waals surface area contributed by atoms with Gasteiger partial charge in [0.25, 0.3) is 0 Å². The van der Waals surface area contributed by atoms with Crippen molar-refractivity contribution in [1.82, 2.24) is 0 Å². The van der Waals surface area contributed by atoms with Gasteiger partial charge < -0.3 is 10.2 Å². The number of allylic oxidation sites excluding steroid dienone is 1. The summed E-state index contributed by atoms with van der Waals surface area (Å²) >= 11 is 1.42. The third kappa shape index (κ3) is 2.50. The molecule has 1 aromatic heterocycles. The first kappa shape index (κ1) is 15.5. The van der Waals surface area contributed by atoms with Crippen molar-refractivity contribution in [3.05, 3.63) is 80.5 Å². The average molecular weight is 345 g/mol. The molecular formula is C21H15NO2S. The zero-order chi connectivity index (χ0) is 17.6. The monoisotopic (exact) mass is 345 g/mol. The lowest BCUT2D eigenvalue weighted by Gasteiger charge is -2.09. The zero-order valence-electron chi connectivity index (χ0n) is 13.6. The molecule has 0 amide bonds. The minimum absolute atomic E-state index is 0.225. The summed E-state index contributed by atoms with van der Waals surface area (Å²) in [5, 5.41) is 31.1. The van der Waals surface area contributed by atoms with Gasteiger partial charge in [0, 0.05) is 5.56 Å². The van der Waals surface area contributed by atoms with Crippen LogP contribution in [0.2, 0.25) is 0 Å². The Morgan fingerprint density at radius 3 is 2.48 bits per heavy atom. The quantitative estimate of drug-likeness (QED) is 0.697. The largest absolute Gasteiger partial charge is 0.508 e. The highest BCUT2D eigenvalue weighted by atomic mass is 32.1. The maximum atomic E-state index is 10.1. The van der Waals surface area contributed by atoms with Crippen molar-refractivity contribution in [1.29, 1.82) is 5.26 Å². The molecular weight excluding hydrogens is 330 g/mol. The molecule has 3 aromatic rings. The Morgan fingerprint density at radius 2 is 1.76 bits per heavy atom. The summed E-state index contributed by atoms with van der Waals surface area (Å²) < 4.78 is 0. The molecule has 2 aromatic carbocycles. The molecule has 25 heavy (non-hydrogen) atoms. The highest BCUT2D eigenvalue weighted by Gasteiger charge is 2.27. The first-order valence-electron chi connectivity index (χ1n) is 7.92. The number of phenols is 2. The summed E-state index contributed by atoms with van der Waals surface area (Å²) in [6.45, 7) is 1.99. The smallest absolute Gasteiger partial charge is 0.116 e. The molecule has 1 heterocycles. The maximum Gasteiger partial charge on any atom is 0.116 e. The molecule has 0 aliphatic heterocycles. The van der Waals surface area contributed by atoms with Crippen LogP contribution < -0.4 is 0 Å². The second-order valence-corrected chi connectivity index (χ2v) is 7.06. The van der Waals surface area contributed by atoms with Crippen molar-refractivity contribution >= 4 is 22.5 Å². The van der Waals surface area contributed by atoms with Gasteiger partial charge in [-0.05, 0) is 82.5 Å². The minimum atomic E-state index is 0.225. The first-order valence-corrected chi connectivity index (χ1v) is 8.80. The fraction of sp³-hybridized carbons (Fsp3) is 0.0952. The number of phenolic OH excluding ortho intramolecular Hbond substituents is 2. The van der Waals surface area contributed by atoms with Gasteiger partial charge in [0.05, 0.1) is 0 Å². The van der Waals surface area contributed by atoms with Crippen LogP contribution in [0, 0.1) is 18.3 Å². The van der Waals surface area contributed by atoms with E-state index in [1.807, 2.05) is 30.5 Å². The lowest BCUT2D eigenvalue weighted by atomic mass is 9.94. The Hall–Kier alpha value is -3.03. The first-order chi connectivity index (χ1) is 12.1. The van der Waals surface area contributed by atoms with Crippen LogP contribution in [0.1, 0.15) is 32.7 Å². The van der Waals surface area contributed by atoms with Gasteiger partial charge in [-0.25, -0.2) is 0 Å². The fourth-order valence-corrected chi connectivity index (χ4v) is 4.18. The minimum Gasteiger partial charge on any atom is -0.508 e. The predicted molar refractivity (Wildman–Crippen MR) is 99.6 cm³/mol. The number of aryl methyl sites for hydroxylation is 1. The lowest BCUT2D eigenvalue weighted by Crippen LogP contribution is -1.90. The van der Waals surface area contributed by atoms with E-state index in [-0.39, 0.29) is 11.5 Å². The summed E-state index contributed by atoms with van der Waals surface area (Å²) in [5.74, 6) is 0.456. The van der Waals surface area contributed by atoms with Crippen molar-refractivity contribution in [2.75, 3.05) is 0 Å². The molecule has 1 aliphatic rings. The van der Waals surface area contributed by atoms with E-state index in [9.17, 15) is 15.5 Å². The van der Waals surface area contributed by atoms with E-state index in [0.29, 0.717) is 4.88 Å². The number of rotatable bonds is 2. The molecule has 3 nitrogen and oxygen atoms in total. The molecule has 4 heteroatoms. The van der Waals surface area contributed by atoms with Crippen LogP contribution in [0.4, 0.5) is 0 Å². The standard InChI is InChI=1S/C21H15NO2S/c1-12-8-15(24)9-19-17(12)10-18(13-2-4-14(23)5-3-13)21(19)16-6-7-25-20(16)11-22/h2-9,23-24H,10H2,1H3.